The van der Waals surface area contributed by atoms with E-state index in [1.165, 1.54) is 6.33 Å². The van der Waals surface area contributed by atoms with Gasteiger partial charge in [0.25, 0.3) is 0 Å². The molecule has 0 saturated heterocycles. The lowest BCUT2D eigenvalue weighted by Gasteiger charge is -2.29. The predicted molar refractivity (Wildman–Crippen MR) is 77.1 cm³/mol. The van der Waals surface area contributed by atoms with Crippen molar-refractivity contribution in [3.05, 3.63) is 47.9 Å². The van der Waals surface area contributed by atoms with Crippen molar-refractivity contribution < 1.29 is 4.57 Å². The second-order valence-electron chi connectivity index (χ2n) is 5.09. The Bertz CT molecular complexity index is 657. The first kappa shape index (κ1) is 12.4. The Labute approximate surface area is 112 Å². The fourth-order valence-electron chi connectivity index (χ4n) is 2.77. The van der Waals surface area contributed by atoms with Crippen LogP contribution >= 0.6 is 7.14 Å². The van der Waals surface area contributed by atoms with Crippen LogP contribution in [0.4, 0.5) is 5.82 Å². The Hall–Kier alpha value is -1.67. The zero-order valence-electron chi connectivity index (χ0n) is 10.8. The monoisotopic (exact) mass is 273 g/mol. The van der Waals surface area contributed by atoms with Crippen LogP contribution in [-0.2, 0) is 10.7 Å². The Morgan fingerprint density at radius 2 is 2.00 bits per heavy atom. The Balaban J connectivity index is 2.10. The van der Waals surface area contributed by atoms with E-state index in [2.05, 4.69) is 16.9 Å². The highest BCUT2D eigenvalue weighted by Gasteiger charge is 2.36. The summed E-state index contributed by atoms with van der Waals surface area (Å²) in [7, 11) is -2.44. The van der Waals surface area contributed by atoms with Crippen LogP contribution in [0.25, 0.3) is 0 Å². The van der Waals surface area contributed by atoms with Crippen molar-refractivity contribution in [2.75, 3.05) is 11.9 Å². The van der Waals surface area contributed by atoms with Gasteiger partial charge in [0, 0.05) is 29.1 Å². The number of nitrogens with two attached hydrogens (primary N) is 1. The molecule has 1 aliphatic rings. The van der Waals surface area contributed by atoms with Gasteiger partial charge in [-0.25, -0.2) is 9.97 Å². The molecule has 4 nitrogen and oxygen atoms in total. The van der Waals surface area contributed by atoms with Gasteiger partial charge in [-0.05, 0) is 0 Å². The van der Waals surface area contributed by atoms with Crippen LogP contribution in [0.3, 0.4) is 0 Å². The van der Waals surface area contributed by atoms with Crippen molar-refractivity contribution >= 4 is 18.3 Å². The summed E-state index contributed by atoms with van der Waals surface area (Å²) in [5.41, 5.74) is 7.75. The molecule has 5 heteroatoms. The molecule has 2 heterocycles. The number of rotatable bonds is 1. The summed E-state index contributed by atoms with van der Waals surface area (Å²) in [6, 6.07) is 9.69. The van der Waals surface area contributed by atoms with Crippen LogP contribution in [0, 0.1) is 0 Å². The average molecular weight is 273 g/mol. The van der Waals surface area contributed by atoms with Gasteiger partial charge in [-0.3, -0.25) is 0 Å². The maximum atomic E-state index is 13.2. The number of nitrogen functional groups attached to an aromatic ring is 1. The van der Waals surface area contributed by atoms with Gasteiger partial charge in [0.15, 0.2) is 0 Å². The average Bonchev–Trinajstić information content (AvgIpc) is 2.41. The van der Waals surface area contributed by atoms with Crippen LogP contribution in [-0.4, -0.2) is 16.1 Å². The number of hydrogen-bond donors (Lipinski definition) is 1. The molecule has 2 N–H and O–H groups in total. The summed E-state index contributed by atoms with van der Waals surface area (Å²) >= 11 is 0. The smallest absolute Gasteiger partial charge is 0.130 e. The van der Waals surface area contributed by atoms with Gasteiger partial charge in [-0.1, -0.05) is 37.3 Å². The molecular formula is C14H16N3OP. The number of nitrogens with zero attached hydrogens (tertiary/aromatic N) is 2. The number of benzene rings is 1. The van der Waals surface area contributed by atoms with Crippen molar-refractivity contribution in [1.29, 1.82) is 0 Å². The first-order valence-corrected chi connectivity index (χ1v) is 8.41. The van der Waals surface area contributed by atoms with Crippen LogP contribution in [0.5, 0.6) is 0 Å². The summed E-state index contributed by atoms with van der Waals surface area (Å²) in [6.45, 7) is 2.06. The lowest BCUT2D eigenvalue weighted by molar-refractivity contribution is 0.572. The summed E-state index contributed by atoms with van der Waals surface area (Å²) in [6.07, 6.45) is 2.62. The maximum absolute atomic E-state index is 13.2. The van der Waals surface area contributed by atoms with E-state index in [0.717, 1.165) is 16.6 Å². The van der Waals surface area contributed by atoms with Crippen molar-refractivity contribution in [3.63, 3.8) is 0 Å². The zero-order valence-corrected chi connectivity index (χ0v) is 11.7. The summed E-state index contributed by atoms with van der Waals surface area (Å²) in [5, 5.41) is 0.927. The fourth-order valence-corrected chi connectivity index (χ4v) is 5.90. The maximum Gasteiger partial charge on any atom is 0.130 e. The molecule has 2 unspecified atom stereocenters. The molecule has 0 saturated carbocycles. The number of hydrogen-bond acceptors (Lipinski definition) is 4. The van der Waals surface area contributed by atoms with Crippen molar-refractivity contribution in [1.82, 2.24) is 9.97 Å². The van der Waals surface area contributed by atoms with Gasteiger partial charge in [-0.15, -0.1) is 0 Å². The van der Waals surface area contributed by atoms with Crippen LogP contribution in [0.15, 0.2) is 36.7 Å². The first-order chi connectivity index (χ1) is 9.10. The molecule has 0 bridgehead atoms. The standard InChI is InChI=1S/C14H16N3OP/c1-10-7-19(18,11-5-3-2-4-6-11)8-12-13(10)16-9-17-14(12)15/h2-6,9-10H,7-8H2,1H3,(H2,15,16,17). The van der Waals surface area contributed by atoms with E-state index in [-0.39, 0.29) is 5.92 Å². The Morgan fingerprint density at radius 3 is 2.74 bits per heavy atom. The van der Waals surface area contributed by atoms with E-state index in [1.54, 1.807) is 0 Å². The molecule has 19 heavy (non-hydrogen) atoms. The second kappa shape index (κ2) is 4.46. The number of aromatic nitrogens is 2. The van der Waals surface area contributed by atoms with Gasteiger partial charge in [0.2, 0.25) is 0 Å². The molecular weight excluding hydrogens is 257 g/mol. The lowest BCUT2D eigenvalue weighted by atomic mass is 10.0. The molecule has 98 valence electrons. The van der Waals surface area contributed by atoms with Gasteiger partial charge >= 0.3 is 0 Å². The molecule has 2 atom stereocenters. The third kappa shape index (κ3) is 2.06. The highest BCUT2D eigenvalue weighted by Crippen LogP contribution is 2.55. The molecule has 3 rings (SSSR count). The van der Waals surface area contributed by atoms with Gasteiger partial charge in [-0.2, -0.15) is 0 Å². The van der Waals surface area contributed by atoms with Gasteiger partial charge < -0.3 is 10.3 Å². The topological polar surface area (TPSA) is 68.9 Å². The summed E-state index contributed by atoms with van der Waals surface area (Å²) < 4.78 is 13.2. The van der Waals surface area contributed by atoms with E-state index < -0.39 is 7.14 Å². The third-order valence-electron chi connectivity index (χ3n) is 3.69. The van der Waals surface area contributed by atoms with Crippen molar-refractivity contribution in [2.24, 2.45) is 0 Å². The molecule has 0 radical (unpaired) electrons. The molecule has 2 aromatic rings. The third-order valence-corrected chi connectivity index (χ3v) is 6.89. The fraction of sp³-hybridized carbons (Fsp3) is 0.286. The summed E-state index contributed by atoms with van der Waals surface area (Å²) in [5.74, 6) is 0.618. The minimum atomic E-state index is -2.44. The normalized spacial score (nSPS) is 25.8. The minimum Gasteiger partial charge on any atom is -0.383 e. The van der Waals surface area contributed by atoms with E-state index in [9.17, 15) is 4.57 Å². The minimum absolute atomic E-state index is 0.153. The Kier molecular flexibility index (Phi) is 2.90. The molecule has 0 amide bonds. The number of fused-ring (bicyclic) bond motifs is 1. The first-order valence-electron chi connectivity index (χ1n) is 6.33. The molecule has 0 aliphatic carbocycles. The van der Waals surface area contributed by atoms with Gasteiger partial charge in [0.1, 0.15) is 19.3 Å². The van der Waals surface area contributed by atoms with Crippen LogP contribution < -0.4 is 11.0 Å². The highest BCUT2D eigenvalue weighted by molar-refractivity contribution is 7.71. The number of anilines is 1. The van der Waals surface area contributed by atoms with E-state index in [0.29, 0.717) is 18.1 Å². The molecule has 1 aliphatic heterocycles. The van der Waals surface area contributed by atoms with E-state index in [4.69, 9.17) is 5.73 Å². The molecule has 0 fully saturated rings. The zero-order chi connectivity index (χ0) is 13.5. The van der Waals surface area contributed by atoms with Crippen LogP contribution in [0.1, 0.15) is 24.1 Å². The van der Waals surface area contributed by atoms with Crippen LogP contribution in [0.2, 0.25) is 0 Å². The second-order valence-corrected chi connectivity index (χ2v) is 8.07. The molecule has 0 spiro atoms. The Morgan fingerprint density at radius 1 is 1.26 bits per heavy atom. The van der Waals surface area contributed by atoms with Crippen molar-refractivity contribution in [2.45, 2.75) is 19.0 Å². The largest absolute Gasteiger partial charge is 0.383 e. The van der Waals surface area contributed by atoms with Crippen molar-refractivity contribution in [3.8, 4) is 0 Å². The lowest BCUT2D eigenvalue weighted by Crippen LogP contribution is -2.22. The SMILES string of the molecule is CC1CP(=O)(c2ccccc2)Cc2c(N)ncnc21. The summed E-state index contributed by atoms with van der Waals surface area (Å²) in [4.78, 5) is 8.34. The van der Waals surface area contributed by atoms with E-state index in [1.807, 2.05) is 30.3 Å². The quantitative estimate of drug-likeness (QED) is 0.810. The van der Waals surface area contributed by atoms with E-state index >= 15 is 0 Å². The molecule has 1 aromatic carbocycles. The highest BCUT2D eigenvalue weighted by atomic mass is 31.2. The predicted octanol–water partition coefficient (Wildman–Crippen LogP) is 2.36. The molecule has 1 aromatic heterocycles. The van der Waals surface area contributed by atoms with Gasteiger partial charge in [0.05, 0.1) is 5.69 Å².